The van der Waals surface area contributed by atoms with Crippen LogP contribution in [0.1, 0.15) is 74.1 Å². The van der Waals surface area contributed by atoms with Gasteiger partial charge in [0.1, 0.15) is 0 Å². The Bertz CT molecular complexity index is 371. The van der Waals surface area contributed by atoms with Crippen LogP contribution in [0, 0.1) is 5.41 Å². The van der Waals surface area contributed by atoms with Crippen molar-refractivity contribution in [2.45, 2.75) is 74.1 Å². The van der Waals surface area contributed by atoms with E-state index in [2.05, 4.69) is 54.5 Å². The first-order chi connectivity index (χ1) is 9.18. The molecule has 20 heavy (non-hydrogen) atoms. The monoisotopic (exact) mass is 278 g/mol. The van der Waals surface area contributed by atoms with E-state index in [0.29, 0.717) is 0 Å². The second kappa shape index (κ2) is 9.18. The van der Waals surface area contributed by atoms with Crippen molar-refractivity contribution in [3.05, 3.63) is 34.4 Å². The SMILES string of the molecule is CC(C)=C(CC/C(C)=C/CC/C(C)=C/CO)C(C)(C)C. The molecule has 0 radical (unpaired) electrons. The second-order valence-electron chi connectivity index (χ2n) is 7.05. The highest BCUT2D eigenvalue weighted by Gasteiger charge is 2.17. The molecule has 0 saturated heterocycles. The molecule has 0 aliphatic heterocycles. The van der Waals surface area contributed by atoms with Gasteiger partial charge < -0.3 is 5.11 Å². The fourth-order valence-electron chi connectivity index (χ4n) is 2.60. The van der Waals surface area contributed by atoms with E-state index in [1.807, 2.05) is 6.08 Å². The van der Waals surface area contributed by atoms with E-state index in [9.17, 15) is 0 Å². The average molecular weight is 278 g/mol. The van der Waals surface area contributed by atoms with Gasteiger partial charge in [0.25, 0.3) is 0 Å². The lowest BCUT2D eigenvalue weighted by atomic mass is 9.80. The maximum Gasteiger partial charge on any atom is 0.0614 e. The molecule has 1 heteroatoms. The van der Waals surface area contributed by atoms with E-state index in [4.69, 9.17) is 5.11 Å². The summed E-state index contributed by atoms with van der Waals surface area (Å²) < 4.78 is 0. The third kappa shape index (κ3) is 8.37. The van der Waals surface area contributed by atoms with E-state index >= 15 is 0 Å². The van der Waals surface area contributed by atoms with E-state index < -0.39 is 0 Å². The van der Waals surface area contributed by atoms with Crippen LogP contribution in [0.4, 0.5) is 0 Å². The molecule has 0 atom stereocenters. The van der Waals surface area contributed by atoms with Crippen LogP contribution in [0.25, 0.3) is 0 Å². The minimum Gasteiger partial charge on any atom is -0.392 e. The first kappa shape index (κ1) is 19.2. The molecule has 0 aromatic carbocycles. The summed E-state index contributed by atoms with van der Waals surface area (Å²) in [5.74, 6) is 0. The third-order valence-corrected chi connectivity index (χ3v) is 3.75. The van der Waals surface area contributed by atoms with Gasteiger partial charge in [0.15, 0.2) is 0 Å². The standard InChI is InChI=1S/C19H34O/c1-15(2)18(19(5,6)7)12-11-16(3)9-8-10-17(4)13-14-20/h9,13,20H,8,10-12,14H2,1-7H3/b16-9+,17-13+. The lowest BCUT2D eigenvalue weighted by Crippen LogP contribution is -2.11. The van der Waals surface area contributed by atoms with E-state index in [-0.39, 0.29) is 12.0 Å². The normalized spacial score (nSPS) is 13.6. The maximum absolute atomic E-state index is 8.82. The largest absolute Gasteiger partial charge is 0.392 e. The lowest BCUT2D eigenvalue weighted by Gasteiger charge is -2.25. The lowest BCUT2D eigenvalue weighted by molar-refractivity contribution is 0.341. The van der Waals surface area contributed by atoms with Gasteiger partial charge in [0.05, 0.1) is 6.61 Å². The molecule has 1 N–H and O–H groups in total. The van der Waals surface area contributed by atoms with Crippen molar-refractivity contribution in [1.29, 1.82) is 0 Å². The van der Waals surface area contributed by atoms with Crippen molar-refractivity contribution in [3.63, 3.8) is 0 Å². The zero-order valence-electron chi connectivity index (χ0n) is 14.6. The molecule has 116 valence electrons. The molecule has 0 aromatic rings. The Morgan fingerprint density at radius 1 is 0.850 bits per heavy atom. The summed E-state index contributed by atoms with van der Waals surface area (Å²) in [7, 11) is 0. The van der Waals surface area contributed by atoms with Gasteiger partial charge in [-0.3, -0.25) is 0 Å². The van der Waals surface area contributed by atoms with Crippen LogP contribution in [0.3, 0.4) is 0 Å². The van der Waals surface area contributed by atoms with Gasteiger partial charge in [-0.2, -0.15) is 0 Å². The number of aliphatic hydroxyl groups excluding tert-OH is 1. The first-order valence-electron chi connectivity index (χ1n) is 7.77. The highest BCUT2D eigenvalue weighted by molar-refractivity contribution is 5.18. The van der Waals surface area contributed by atoms with Crippen LogP contribution < -0.4 is 0 Å². The smallest absolute Gasteiger partial charge is 0.0614 e. The fourth-order valence-corrected chi connectivity index (χ4v) is 2.60. The molecule has 1 nitrogen and oxygen atoms in total. The number of hydrogen-bond donors (Lipinski definition) is 1. The van der Waals surface area contributed by atoms with Crippen molar-refractivity contribution in [2.75, 3.05) is 6.61 Å². The number of aliphatic hydroxyl groups is 1. The van der Waals surface area contributed by atoms with Crippen LogP contribution in [-0.4, -0.2) is 11.7 Å². The van der Waals surface area contributed by atoms with Gasteiger partial charge in [0, 0.05) is 0 Å². The summed E-state index contributed by atoms with van der Waals surface area (Å²) >= 11 is 0. The van der Waals surface area contributed by atoms with Crippen LogP contribution >= 0.6 is 0 Å². The number of hydrogen-bond acceptors (Lipinski definition) is 1. The third-order valence-electron chi connectivity index (χ3n) is 3.75. The van der Waals surface area contributed by atoms with Gasteiger partial charge in [-0.15, -0.1) is 0 Å². The summed E-state index contributed by atoms with van der Waals surface area (Å²) in [5, 5.41) is 8.82. The highest BCUT2D eigenvalue weighted by Crippen LogP contribution is 2.32. The van der Waals surface area contributed by atoms with Gasteiger partial charge in [-0.25, -0.2) is 0 Å². The minimum atomic E-state index is 0.157. The van der Waals surface area contributed by atoms with Crippen molar-refractivity contribution in [2.24, 2.45) is 5.41 Å². The Morgan fingerprint density at radius 2 is 1.40 bits per heavy atom. The van der Waals surface area contributed by atoms with Gasteiger partial charge in [-0.1, -0.05) is 55.2 Å². The summed E-state index contributed by atoms with van der Waals surface area (Å²) in [6.07, 6.45) is 8.69. The minimum absolute atomic E-state index is 0.157. The summed E-state index contributed by atoms with van der Waals surface area (Å²) in [4.78, 5) is 0. The fraction of sp³-hybridized carbons (Fsp3) is 0.684. The molecule has 0 amide bonds. The Balaban J connectivity index is 4.38. The summed E-state index contributed by atoms with van der Waals surface area (Å²) in [6.45, 7) is 15.8. The van der Waals surface area contributed by atoms with Crippen molar-refractivity contribution in [3.8, 4) is 0 Å². The van der Waals surface area contributed by atoms with Gasteiger partial charge >= 0.3 is 0 Å². The first-order valence-corrected chi connectivity index (χ1v) is 7.77. The molecule has 0 heterocycles. The topological polar surface area (TPSA) is 20.2 Å². The maximum atomic E-state index is 8.82. The molecule has 0 aliphatic carbocycles. The van der Waals surface area contributed by atoms with E-state index in [0.717, 1.165) is 19.3 Å². The Morgan fingerprint density at radius 3 is 1.85 bits per heavy atom. The molecule has 0 aromatic heterocycles. The predicted octanol–water partition coefficient (Wildman–Crippen LogP) is 5.81. The van der Waals surface area contributed by atoms with E-state index in [1.165, 1.54) is 23.1 Å². The highest BCUT2D eigenvalue weighted by atomic mass is 16.2. The molecule has 0 unspecified atom stereocenters. The van der Waals surface area contributed by atoms with Crippen LogP contribution in [0.5, 0.6) is 0 Å². The second-order valence-corrected chi connectivity index (χ2v) is 7.05. The van der Waals surface area contributed by atoms with Crippen LogP contribution in [0.15, 0.2) is 34.4 Å². The Kier molecular flexibility index (Phi) is 8.80. The van der Waals surface area contributed by atoms with Crippen molar-refractivity contribution >= 4 is 0 Å². The predicted molar refractivity (Wildman–Crippen MR) is 90.9 cm³/mol. The van der Waals surface area contributed by atoms with Crippen LogP contribution in [0.2, 0.25) is 0 Å². The summed E-state index contributed by atoms with van der Waals surface area (Å²) in [6, 6.07) is 0. The summed E-state index contributed by atoms with van der Waals surface area (Å²) in [5.41, 5.74) is 6.08. The van der Waals surface area contributed by atoms with Gasteiger partial charge in [0.2, 0.25) is 0 Å². The zero-order valence-corrected chi connectivity index (χ0v) is 14.6. The van der Waals surface area contributed by atoms with Gasteiger partial charge in [-0.05, 0) is 58.8 Å². The van der Waals surface area contributed by atoms with E-state index in [1.54, 1.807) is 5.57 Å². The molecule has 0 saturated carbocycles. The molecule has 0 bridgehead atoms. The Labute approximate surface area is 126 Å². The Hall–Kier alpha value is -0.820. The molecular formula is C19H34O. The van der Waals surface area contributed by atoms with Crippen molar-refractivity contribution < 1.29 is 5.11 Å². The molecule has 0 spiro atoms. The molecule has 0 aliphatic rings. The zero-order chi connectivity index (χ0) is 15.8. The van der Waals surface area contributed by atoms with Crippen molar-refractivity contribution in [1.82, 2.24) is 0 Å². The molecule has 0 fully saturated rings. The number of rotatable bonds is 7. The molecular weight excluding hydrogens is 244 g/mol. The van der Waals surface area contributed by atoms with Crippen LogP contribution in [-0.2, 0) is 0 Å². The quantitative estimate of drug-likeness (QED) is 0.582. The molecule has 0 rings (SSSR count). The average Bonchev–Trinajstić information content (AvgIpc) is 2.27. The number of allylic oxidation sites excluding steroid dienone is 5.